The van der Waals surface area contributed by atoms with E-state index in [2.05, 4.69) is 10.3 Å². The first-order chi connectivity index (χ1) is 12.3. The minimum atomic E-state index is -1.04. The molecule has 9 heteroatoms. The molecule has 1 aromatic heterocycles. The molecule has 0 saturated carbocycles. The number of hydrogen-bond acceptors (Lipinski definition) is 5. The summed E-state index contributed by atoms with van der Waals surface area (Å²) in [7, 11) is 0. The largest absolute Gasteiger partial charge is 0.481 e. The lowest BCUT2D eigenvalue weighted by Gasteiger charge is -2.10. The molecule has 0 aliphatic carbocycles. The molecule has 136 valence electrons. The zero-order valence-corrected chi connectivity index (χ0v) is 13.7. The van der Waals surface area contributed by atoms with Gasteiger partial charge in [-0.15, -0.1) is 0 Å². The summed E-state index contributed by atoms with van der Waals surface area (Å²) < 4.78 is 5.22. The molecule has 6 N–H and O–H groups in total. The summed E-state index contributed by atoms with van der Waals surface area (Å²) in [6.45, 7) is -0.0330. The Kier molecular flexibility index (Phi) is 4.61. The number of amidine groups is 1. The molecular formula is C17H18N4O5. The number of H-pyrrole nitrogens is 1. The third-order valence-corrected chi connectivity index (χ3v) is 4.27. The van der Waals surface area contributed by atoms with E-state index in [0.717, 1.165) is 5.39 Å². The summed E-state index contributed by atoms with van der Waals surface area (Å²) in [6.07, 6.45) is 0.0733. The van der Waals surface area contributed by atoms with Crippen LogP contribution in [0, 0.1) is 11.3 Å². The number of amides is 1. The predicted molar refractivity (Wildman–Crippen MR) is 91.9 cm³/mol. The predicted octanol–water partition coefficient (Wildman–Crippen LogP) is 0.588. The van der Waals surface area contributed by atoms with Crippen LogP contribution >= 0.6 is 0 Å². The van der Waals surface area contributed by atoms with Crippen molar-refractivity contribution in [2.75, 3.05) is 6.61 Å². The van der Waals surface area contributed by atoms with Gasteiger partial charge >= 0.3 is 11.9 Å². The molecule has 2 heterocycles. The molecular weight excluding hydrogens is 340 g/mol. The minimum Gasteiger partial charge on any atom is -0.481 e. The summed E-state index contributed by atoms with van der Waals surface area (Å²) in [4.78, 5) is 37.5. The standard InChI is InChI=1S/C17H18N4O5/c18-15(19)8-1-2-12-9(3-8)5-13(21-12)17(25)26-7-11-4-10(6-14(22)23)16(24)20-11/h1-3,5,10-11,21H,4,6-7H2,(H3,18,19)(H,20,24)(H,22,23). The molecule has 1 aromatic carbocycles. The van der Waals surface area contributed by atoms with Gasteiger partial charge in [0.1, 0.15) is 18.1 Å². The van der Waals surface area contributed by atoms with Gasteiger partial charge in [-0.3, -0.25) is 15.0 Å². The quantitative estimate of drug-likeness (QED) is 0.289. The fourth-order valence-corrected chi connectivity index (χ4v) is 2.99. The van der Waals surface area contributed by atoms with Crippen molar-refractivity contribution in [3.63, 3.8) is 0 Å². The number of aliphatic carboxylic acids is 1. The van der Waals surface area contributed by atoms with Gasteiger partial charge in [-0.25, -0.2) is 4.79 Å². The zero-order valence-electron chi connectivity index (χ0n) is 13.7. The van der Waals surface area contributed by atoms with Crippen LogP contribution in [0.5, 0.6) is 0 Å². The third-order valence-electron chi connectivity index (χ3n) is 4.27. The summed E-state index contributed by atoms with van der Waals surface area (Å²) in [5.74, 6) is -2.62. The lowest BCUT2D eigenvalue weighted by atomic mass is 10.0. The molecule has 26 heavy (non-hydrogen) atoms. The Hall–Kier alpha value is -3.36. The van der Waals surface area contributed by atoms with Gasteiger partial charge in [0.25, 0.3) is 0 Å². The van der Waals surface area contributed by atoms with Gasteiger partial charge < -0.3 is 25.9 Å². The number of carboxylic acid groups (broad SMARTS) is 1. The van der Waals surface area contributed by atoms with Crippen molar-refractivity contribution in [3.8, 4) is 0 Å². The van der Waals surface area contributed by atoms with E-state index in [1.54, 1.807) is 24.3 Å². The smallest absolute Gasteiger partial charge is 0.354 e. The Morgan fingerprint density at radius 1 is 1.35 bits per heavy atom. The van der Waals surface area contributed by atoms with E-state index in [9.17, 15) is 14.4 Å². The number of aromatic nitrogens is 1. The van der Waals surface area contributed by atoms with Crippen LogP contribution in [0.4, 0.5) is 0 Å². The van der Waals surface area contributed by atoms with Crippen LogP contribution in [0.15, 0.2) is 24.3 Å². The SMILES string of the molecule is N=C(N)c1ccc2[nH]c(C(=O)OCC3CC(CC(=O)O)C(=O)N3)cc2c1. The Bertz CT molecular complexity index is 904. The maximum absolute atomic E-state index is 12.2. The van der Waals surface area contributed by atoms with Crippen LogP contribution in [0.25, 0.3) is 10.9 Å². The first-order valence-electron chi connectivity index (χ1n) is 8.00. The fraction of sp³-hybridized carbons (Fsp3) is 0.294. The second-order valence-electron chi connectivity index (χ2n) is 6.23. The fourth-order valence-electron chi connectivity index (χ4n) is 2.99. The second kappa shape index (κ2) is 6.87. The first kappa shape index (κ1) is 17.5. The molecule has 0 bridgehead atoms. The monoisotopic (exact) mass is 358 g/mol. The molecule has 2 atom stereocenters. The van der Waals surface area contributed by atoms with Crippen LogP contribution in [0.3, 0.4) is 0 Å². The average molecular weight is 358 g/mol. The number of nitrogens with one attached hydrogen (secondary N) is 3. The Labute approximate surface area is 148 Å². The molecule has 2 unspecified atom stereocenters. The van der Waals surface area contributed by atoms with Crippen molar-refractivity contribution < 1.29 is 24.2 Å². The van der Waals surface area contributed by atoms with Gasteiger partial charge in [0.15, 0.2) is 0 Å². The highest BCUT2D eigenvalue weighted by molar-refractivity contribution is 6.01. The number of benzene rings is 1. The summed E-state index contributed by atoms with van der Waals surface area (Å²) in [5.41, 5.74) is 6.95. The molecule has 1 fully saturated rings. The van der Waals surface area contributed by atoms with E-state index in [0.29, 0.717) is 17.5 Å². The number of hydrogen-bond donors (Lipinski definition) is 5. The topological polar surface area (TPSA) is 158 Å². The molecule has 2 aromatic rings. The summed E-state index contributed by atoms with van der Waals surface area (Å²) >= 11 is 0. The lowest BCUT2D eigenvalue weighted by molar-refractivity contribution is -0.140. The highest BCUT2D eigenvalue weighted by Crippen LogP contribution is 2.21. The van der Waals surface area contributed by atoms with Gasteiger partial charge in [-0.2, -0.15) is 0 Å². The maximum atomic E-state index is 12.2. The number of nitrogens with two attached hydrogens (primary N) is 1. The van der Waals surface area contributed by atoms with E-state index >= 15 is 0 Å². The summed E-state index contributed by atoms with van der Waals surface area (Å²) in [5, 5.41) is 19.6. The number of fused-ring (bicyclic) bond motifs is 1. The van der Waals surface area contributed by atoms with Crippen LogP contribution in [0.1, 0.15) is 28.9 Å². The van der Waals surface area contributed by atoms with E-state index in [-0.39, 0.29) is 30.5 Å². The van der Waals surface area contributed by atoms with E-state index in [1.165, 1.54) is 0 Å². The van der Waals surface area contributed by atoms with Crippen molar-refractivity contribution in [1.82, 2.24) is 10.3 Å². The highest BCUT2D eigenvalue weighted by atomic mass is 16.5. The number of esters is 1. The lowest BCUT2D eigenvalue weighted by Crippen LogP contribution is -2.31. The molecule has 1 aliphatic heterocycles. The number of aromatic amines is 1. The number of rotatable bonds is 6. The summed E-state index contributed by atoms with van der Waals surface area (Å²) in [6, 6.07) is 6.29. The zero-order chi connectivity index (χ0) is 18.8. The van der Waals surface area contributed by atoms with Crippen LogP contribution in [-0.4, -0.2) is 46.4 Å². The number of carboxylic acids is 1. The van der Waals surface area contributed by atoms with Crippen LogP contribution < -0.4 is 11.1 Å². The molecule has 1 amide bonds. The van der Waals surface area contributed by atoms with E-state index < -0.39 is 23.9 Å². The number of carbonyl (C=O) groups excluding carboxylic acids is 2. The molecule has 1 aliphatic rings. The van der Waals surface area contributed by atoms with Gasteiger partial charge in [-0.05, 0) is 30.7 Å². The van der Waals surface area contributed by atoms with Crippen molar-refractivity contribution in [1.29, 1.82) is 5.41 Å². The molecule has 0 radical (unpaired) electrons. The first-order valence-corrected chi connectivity index (χ1v) is 8.00. The number of nitrogen functional groups attached to an aromatic ring is 1. The average Bonchev–Trinajstić information content (AvgIpc) is 3.15. The molecule has 0 spiro atoms. The van der Waals surface area contributed by atoms with Crippen molar-refractivity contribution in [2.45, 2.75) is 18.9 Å². The number of ether oxygens (including phenoxy) is 1. The van der Waals surface area contributed by atoms with Crippen molar-refractivity contribution in [2.24, 2.45) is 11.7 Å². The maximum Gasteiger partial charge on any atom is 0.354 e. The van der Waals surface area contributed by atoms with Crippen molar-refractivity contribution in [3.05, 3.63) is 35.5 Å². The molecule has 9 nitrogen and oxygen atoms in total. The number of carbonyl (C=O) groups is 3. The van der Waals surface area contributed by atoms with Gasteiger partial charge in [0, 0.05) is 16.5 Å². The minimum absolute atomic E-state index is 0.0330. The van der Waals surface area contributed by atoms with Crippen LogP contribution in [-0.2, 0) is 14.3 Å². The van der Waals surface area contributed by atoms with E-state index in [4.69, 9.17) is 21.0 Å². The van der Waals surface area contributed by atoms with Gasteiger partial charge in [0.2, 0.25) is 5.91 Å². The highest BCUT2D eigenvalue weighted by Gasteiger charge is 2.34. The molecule has 1 saturated heterocycles. The normalized spacial score (nSPS) is 19.3. The Morgan fingerprint density at radius 3 is 2.81 bits per heavy atom. The van der Waals surface area contributed by atoms with Gasteiger partial charge in [-0.1, -0.05) is 0 Å². The van der Waals surface area contributed by atoms with Crippen LogP contribution in [0.2, 0.25) is 0 Å². The van der Waals surface area contributed by atoms with Crippen molar-refractivity contribution >= 4 is 34.6 Å². The Balaban J connectivity index is 1.62. The second-order valence-corrected chi connectivity index (χ2v) is 6.23. The molecule has 3 rings (SSSR count). The third kappa shape index (κ3) is 3.66. The van der Waals surface area contributed by atoms with Gasteiger partial charge in [0.05, 0.1) is 18.4 Å². The Morgan fingerprint density at radius 2 is 2.12 bits per heavy atom. The van der Waals surface area contributed by atoms with E-state index in [1.807, 2.05) is 0 Å².